The molecule has 2 aliphatic rings. The van der Waals surface area contributed by atoms with E-state index in [2.05, 4.69) is 208 Å². The van der Waals surface area contributed by atoms with Gasteiger partial charge in [-0.15, -0.1) is 0 Å². The monoisotopic (exact) mass is 983 g/mol. The largest absolute Gasteiger partial charge is 0.0447 e. The van der Waals surface area contributed by atoms with Gasteiger partial charge in [0.25, 0.3) is 0 Å². The van der Waals surface area contributed by atoms with E-state index in [1.54, 1.807) is 22.3 Å². The molecule has 2 aliphatic carbocycles. The Bertz CT molecular complexity index is 3230. The fourth-order valence-corrected chi connectivity index (χ4v) is 14.0. The van der Waals surface area contributed by atoms with Gasteiger partial charge in [-0.2, -0.15) is 0 Å². The van der Waals surface area contributed by atoms with Crippen molar-refractivity contribution in [2.75, 3.05) is 0 Å². The van der Waals surface area contributed by atoms with Crippen LogP contribution in [0, 0.1) is 208 Å². The van der Waals surface area contributed by atoms with Crippen LogP contribution in [-0.2, 0) is 12.8 Å². The van der Waals surface area contributed by atoms with E-state index in [1.165, 1.54) is 211 Å². The van der Waals surface area contributed by atoms with Gasteiger partial charge >= 0.3 is 0 Å². The molecule has 0 spiro atoms. The maximum Gasteiger partial charge on any atom is -0.000754 e. The van der Waals surface area contributed by atoms with Crippen molar-refractivity contribution in [3.63, 3.8) is 0 Å². The molecule has 0 aliphatic heterocycles. The van der Waals surface area contributed by atoms with E-state index >= 15 is 0 Å². The van der Waals surface area contributed by atoms with Gasteiger partial charge in [0.05, 0.1) is 0 Å². The van der Waals surface area contributed by atoms with Crippen molar-refractivity contribution in [2.24, 2.45) is 0 Å². The van der Waals surface area contributed by atoms with Crippen molar-refractivity contribution in [3.8, 4) is 44.5 Å². The average molecular weight is 984 g/mol. The minimum absolute atomic E-state index is 1.02. The van der Waals surface area contributed by atoms with Crippen LogP contribution in [-0.4, -0.2) is 0 Å². The normalized spacial score (nSPS) is 12.1. The third-order valence-corrected chi connectivity index (χ3v) is 21.6. The van der Waals surface area contributed by atoms with E-state index < -0.39 is 0 Å². The summed E-state index contributed by atoms with van der Waals surface area (Å²) in [5.74, 6) is 0. The number of fused-ring (bicyclic) bond motifs is 6. The van der Waals surface area contributed by atoms with E-state index in [4.69, 9.17) is 0 Å². The third-order valence-electron chi connectivity index (χ3n) is 21.6. The molecule has 0 aromatic heterocycles. The van der Waals surface area contributed by atoms with Gasteiger partial charge in [-0.1, -0.05) is 0 Å². The highest BCUT2D eigenvalue weighted by Crippen LogP contribution is 2.53. The van der Waals surface area contributed by atoms with Crippen molar-refractivity contribution >= 4 is 0 Å². The Morgan fingerprint density at radius 3 is 0.419 bits per heavy atom. The summed E-state index contributed by atoms with van der Waals surface area (Å²) in [6.45, 7) is 69.0. The van der Waals surface area contributed by atoms with Crippen molar-refractivity contribution < 1.29 is 0 Å². The molecule has 74 heavy (non-hydrogen) atoms. The lowest BCUT2D eigenvalue weighted by Gasteiger charge is -2.26. The quantitative estimate of drug-likeness (QED) is 0.162. The van der Waals surface area contributed by atoms with E-state index in [-0.39, 0.29) is 0 Å². The van der Waals surface area contributed by atoms with Gasteiger partial charge in [-0.25, -0.2) is 0 Å². The molecule has 0 unspecified atom stereocenters. The Hall–Kier alpha value is -5.46. The summed E-state index contributed by atoms with van der Waals surface area (Å²) >= 11 is 0. The second kappa shape index (κ2) is 19.9. The van der Waals surface area contributed by atoms with Gasteiger partial charge < -0.3 is 0 Å². The highest BCUT2D eigenvalue weighted by molar-refractivity contribution is 5.95. The molecule has 0 radical (unpaired) electrons. The molecule has 0 saturated carbocycles. The van der Waals surface area contributed by atoms with Crippen LogP contribution in [0.3, 0.4) is 0 Å². The van der Waals surface area contributed by atoms with E-state index in [0.29, 0.717) is 0 Å². The van der Waals surface area contributed by atoms with Gasteiger partial charge in [0, 0.05) is 0 Å². The van der Waals surface area contributed by atoms with E-state index in [9.17, 15) is 0 Å². The third kappa shape index (κ3) is 8.21. The predicted molar refractivity (Wildman–Crippen MR) is 329 cm³/mol. The molecule has 7 aromatic rings. The lowest BCUT2D eigenvalue weighted by Crippen LogP contribution is -2.05. The summed E-state index contributed by atoms with van der Waals surface area (Å²) in [7, 11) is 0. The minimum Gasteiger partial charge on any atom is -0.0447 e. The summed E-state index contributed by atoms with van der Waals surface area (Å²) in [6.07, 6.45) is 2.14. The summed E-state index contributed by atoms with van der Waals surface area (Å²) in [5, 5.41) is 0. The maximum atomic E-state index is 2.40. The lowest BCUT2D eigenvalue weighted by molar-refractivity contribution is 1.12. The van der Waals surface area contributed by atoms with E-state index in [0.717, 1.165) is 12.8 Å². The van der Waals surface area contributed by atoms with Gasteiger partial charge in [0.1, 0.15) is 0 Å². The Morgan fingerprint density at radius 2 is 0.216 bits per heavy atom. The lowest BCUT2D eigenvalue weighted by atomic mass is 9.78. The van der Waals surface area contributed by atoms with Crippen molar-refractivity contribution in [1.82, 2.24) is 0 Å². The Morgan fingerprint density at radius 1 is 0.108 bits per heavy atom. The number of rotatable bonds is 2. The Balaban J connectivity index is 0.000000199. The standard InChI is InChI=1S/C41H50.C21H26.C12H18/c1-18-20(3)24(7)36(25(8)21(18)4)38-28(11)30(13)40-34(32(38)15)17-35-33(16)39(29(12)31(14)41(35)40)37-26(9)22(5)19(2)23(6)27(37)10;1-10-12(3)16(7)20-18(14(10)5)9-19-15(6)11(2)13(4)17(8)21(19)20;1-7-8(2)10(4)12(6)11(5)9(7)3/h17H2,1-16H3;9H2,1-8H3;1-6H3. The first-order chi connectivity index (χ1) is 34.3. The van der Waals surface area contributed by atoms with Crippen molar-refractivity contribution in [3.05, 3.63) is 189 Å². The highest BCUT2D eigenvalue weighted by atomic mass is 14.4. The first-order valence-electron chi connectivity index (χ1n) is 27.9. The fourth-order valence-electron chi connectivity index (χ4n) is 14.0. The van der Waals surface area contributed by atoms with Gasteiger partial charge in [-0.05, 0) is 454 Å². The second-order valence-electron chi connectivity index (χ2n) is 24.0. The van der Waals surface area contributed by atoms with Crippen LogP contribution in [0.1, 0.15) is 189 Å². The molecular weight excluding hydrogens is 889 g/mol. The zero-order valence-corrected chi connectivity index (χ0v) is 52.4. The Kier molecular flexibility index (Phi) is 15.1. The Labute approximate surface area is 451 Å². The molecule has 390 valence electrons. The maximum absolute atomic E-state index is 2.40. The smallest absolute Gasteiger partial charge is 0.000754 e. The fraction of sp³-hybridized carbons (Fsp3) is 0.432. The van der Waals surface area contributed by atoms with Crippen LogP contribution >= 0.6 is 0 Å². The zero-order valence-electron chi connectivity index (χ0n) is 52.4. The van der Waals surface area contributed by atoms with Crippen LogP contribution in [0.4, 0.5) is 0 Å². The van der Waals surface area contributed by atoms with Gasteiger partial charge in [0.15, 0.2) is 0 Å². The predicted octanol–water partition coefficient (Wildman–Crippen LogP) is 20.8. The molecule has 0 bridgehead atoms. The molecular formula is C74H94. The molecule has 0 heteroatoms. The number of benzene rings is 7. The van der Waals surface area contributed by atoms with Crippen LogP contribution in [0.25, 0.3) is 44.5 Å². The minimum atomic E-state index is 1.02. The van der Waals surface area contributed by atoms with Crippen molar-refractivity contribution in [1.29, 1.82) is 0 Å². The van der Waals surface area contributed by atoms with E-state index in [1.807, 2.05) is 0 Å². The average Bonchev–Trinajstić information content (AvgIpc) is 3.99. The summed E-state index contributed by atoms with van der Waals surface area (Å²) in [4.78, 5) is 0. The van der Waals surface area contributed by atoms with Crippen molar-refractivity contribution in [2.45, 2.75) is 221 Å². The SMILES string of the molecule is Cc1c(C)c(C)c(-c2c(C)c(C)c3c(c2C)Cc2c(C)c(-c4c(C)c(C)c(C)c(C)c4C)c(C)c(C)c2-3)c(C)c1C.Cc1c(C)c(C)c(C)c(C)c1C.Cc1c(C)c(C)c2c(c1C)Cc1c(C)c(C)c(C)c(C)c1-2. The zero-order chi connectivity index (χ0) is 55.7. The van der Waals surface area contributed by atoms with Crippen LogP contribution in [0.2, 0.25) is 0 Å². The first-order valence-corrected chi connectivity index (χ1v) is 27.9. The molecule has 0 amide bonds. The molecule has 0 fully saturated rings. The molecule has 0 atom stereocenters. The molecule has 0 nitrogen and oxygen atoms in total. The van der Waals surface area contributed by atoms with Crippen LogP contribution in [0.5, 0.6) is 0 Å². The summed E-state index contributed by atoms with van der Waals surface area (Å²) < 4.78 is 0. The van der Waals surface area contributed by atoms with Gasteiger partial charge in [-0.3, -0.25) is 0 Å². The summed E-state index contributed by atoms with van der Waals surface area (Å²) in [5.41, 5.74) is 61.9. The number of hydrogen-bond acceptors (Lipinski definition) is 0. The molecule has 0 saturated heterocycles. The van der Waals surface area contributed by atoms with Crippen LogP contribution < -0.4 is 0 Å². The topological polar surface area (TPSA) is 0 Å². The second-order valence-corrected chi connectivity index (χ2v) is 24.0. The molecule has 9 rings (SSSR count). The highest BCUT2D eigenvalue weighted by Gasteiger charge is 2.33. The molecule has 7 aromatic carbocycles. The summed E-state index contributed by atoms with van der Waals surface area (Å²) in [6, 6.07) is 0. The number of hydrogen-bond donors (Lipinski definition) is 0. The van der Waals surface area contributed by atoms with Gasteiger partial charge in [0.2, 0.25) is 0 Å². The van der Waals surface area contributed by atoms with Crippen LogP contribution in [0.15, 0.2) is 0 Å². The molecule has 0 heterocycles. The molecule has 0 N–H and O–H groups in total. The first kappa shape index (κ1) is 56.3.